The van der Waals surface area contributed by atoms with Crippen molar-refractivity contribution in [3.8, 4) is 0 Å². The molecular formula is C18H28O2S. The maximum Gasteiger partial charge on any atom is 0.316 e. The summed E-state index contributed by atoms with van der Waals surface area (Å²) in [7, 11) is 0. The van der Waals surface area contributed by atoms with Gasteiger partial charge in [-0.15, -0.1) is 11.8 Å². The van der Waals surface area contributed by atoms with Crippen LogP contribution < -0.4 is 0 Å². The predicted octanol–water partition coefficient (Wildman–Crippen LogP) is 5.39. The Kier molecular flexibility index (Phi) is 14.3. The van der Waals surface area contributed by atoms with Gasteiger partial charge in [0.05, 0.1) is 5.25 Å². The molecule has 0 radical (unpaired) electrons. The minimum absolute atomic E-state index is 0.308. The Bertz CT molecular complexity index is 367. The lowest BCUT2D eigenvalue weighted by atomic mass is 10.2. The van der Waals surface area contributed by atoms with E-state index in [1.807, 2.05) is 0 Å². The van der Waals surface area contributed by atoms with E-state index in [4.69, 9.17) is 5.11 Å². The number of thioether (sulfide) groups is 1. The molecule has 0 aromatic carbocycles. The smallest absolute Gasteiger partial charge is 0.316 e. The van der Waals surface area contributed by atoms with E-state index in [-0.39, 0.29) is 5.25 Å². The number of hydrogen-bond acceptors (Lipinski definition) is 2. The van der Waals surface area contributed by atoms with Crippen LogP contribution in [-0.2, 0) is 4.79 Å². The van der Waals surface area contributed by atoms with Crippen molar-refractivity contribution in [2.45, 2.75) is 51.2 Å². The average Bonchev–Trinajstić information content (AvgIpc) is 2.47. The lowest BCUT2D eigenvalue weighted by Crippen LogP contribution is -2.11. The Labute approximate surface area is 133 Å². The molecule has 0 bridgehead atoms. The van der Waals surface area contributed by atoms with Crippen molar-refractivity contribution in [1.82, 2.24) is 0 Å². The first-order valence-corrected chi connectivity index (χ1v) is 8.67. The molecule has 0 aromatic heterocycles. The third-order valence-electron chi connectivity index (χ3n) is 2.72. The number of hydrogen-bond donors (Lipinski definition) is 1. The lowest BCUT2D eigenvalue weighted by Gasteiger charge is -2.02. The van der Waals surface area contributed by atoms with E-state index in [0.29, 0.717) is 0 Å². The first-order valence-electron chi connectivity index (χ1n) is 7.62. The van der Waals surface area contributed by atoms with Crippen LogP contribution in [0.1, 0.15) is 46.0 Å². The summed E-state index contributed by atoms with van der Waals surface area (Å²) in [5.41, 5.74) is 0. The largest absolute Gasteiger partial charge is 0.480 e. The molecule has 0 heterocycles. The lowest BCUT2D eigenvalue weighted by molar-refractivity contribution is -0.136. The number of aliphatic carboxylic acids is 1. The summed E-state index contributed by atoms with van der Waals surface area (Å²) in [6, 6.07) is 0. The van der Waals surface area contributed by atoms with E-state index in [2.05, 4.69) is 55.5 Å². The van der Waals surface area contributed by atoms with Crippen LogP contribution in [0, 0.1) is 0 Å². The van der Waals surface area contributed by atoms with Crippen molar-refractivity contribution >= 4 is 17.7 Å². The van der Waals surface area contributed by atoms with Crippen LogP contribution in [0.4, 0.5) is 0 Å². The predicted molar refractivity (Wildman–Crippen MR) is 94.9 cm³/mol. The molecule has 0 saturated carbocycles. The van der Waals surface area contributed by atoms with Crippen molar-refractivity contribution in [3.63, 3.8) is 0 Å². The SMILES string of the molecule is CC/C=C\C/C=C\C/C=C\C/C=C\CCSC(C)C(=O)O. The highest BCUT2D eigenvalue weighted by molar-refractivity contribution is 8.00. The Morgan fingerprint density at radius 3 is 1.90 bits per heavy atom. The normalized spacial score (nSPS) is 14.0. The van der Waals surface area contributed by atoms with Gasteiger partial charge in [0, 0.05) is 0 Å². The minimum Gasteiger partial charge on any atom is -0.480 e. The molecule has 3 heteroatoms. The first kappa shape index (κ1) is 19.8. The summed E-state index contributed by atoms with van der Waals surface area (Å²) < 4.78 is 0. The molecule has 0 spiro atoms. The summed E-state index contributed by atoms with van der Waals surface area (Å²) >= 11 is 1.48. The summed E-state index contributed by atoms with van der Waals surface area (Å²) in [5.74, 6) is 0.131. The highest BCUT2D eigenvalue weighted by Crippen LogP contribution is 2.11. The van der Waals surface area contributed by atoms with Crippen molar-refractivity contribution in [1.29, 1.82) is 0 Å². The minimum atomic E-state index is -0.731. The van der Waals surface area contributed by atoms with Gasteiger partial charge in [0.1, 0.15) is 0 Å². The second kappa shape index (κ2) is 15.2. The zero-order valence-electron chi connectivity index (χ0n) is 13.2. The maximum absolute atomic E-state index is 10.6. The Hall–Kier alpha value is -1.22. The number of carbonyl (C=O) groups is 1. The second-order valence-electron chi connectivity index (χ2n) is 4.64. The van der Waals surface area contributed by atoms with Crippen molar-refractivity contribution < 1.29 is 9.90 Å². The summed E-state index contributed by atoms with van der Waals surface area (Å²) in [6.45, 7) is 3.87. The van der Waals surface area contributed by atoms with E-state index in [1.165, 1.54) is 11.8 Å². The van der Waals surface area contributed by atoms with Gasteiger partial charge in [0.15, 0.2) is 0 Å². The molecule has 21 heavy (non-hydrogen) atoms. The van der Waals surface area contributed by atoms with E-state index >= 15 is 0 Å². The molecule has 0 fully saturated rings. The Morgan fingerprint density at radius 1 is 0.952 bits per heavy atom. The number of rotatable bonds is 12. The van der Waals surface area contributed by atoms with Gasteiger partial charge in [0.2, 0.25) is 0 Å². The molecule has 0 saturated heterocycles. The third kappa shape index (κ3) is 15.0. The van der Waals surface area contributed by atoms with Crippen molar-refractivity contribution in [2.24, 2.45) is 0 Å². The number of carboxylic acid groups (broad SMARTS) is 1. The number of allylic oxidation sites excluding steroid dienone is 8. The van der Waals surface area contributed by atoms with Crippen molar-refractivity contribution in [2.75, 3.05) is 5.75 Å². The van der Waals surface area contributed by atoms with Crippen LogP contribution in [0.25, 0.3) is 0 Å². The van der Waals surface area contributed by atoms with Gasteiger partial charge in [-0.2, -0.15) is 0 Å². The van der Waals surface area contributed by atoms with Crippen LogP contribution in [0.2, 0.25) is 0 Å². The highest BCUT2D eigenvalue weighted by Gasteiger charge is 2.09. The molecule has 0 aliphatic carbocycles. The standard InChI is InChI=1S/C18H28O2S/c1-3-4-5-6-7-8-9-10-11-12-13-14-15-16-21-17(2)18(19)20/h4-5,7-8,10-11,13-14,17H,3,6,9,12,15-16H2,1-2H3,(H,19,20)/b5-4-,8-7-,11-10-,14-13-. The fourth-order valence-electron chi connectivity index (χ4n) is 1.48. The van der Waals surface area contributed by atoms with Gasteiger partial charge in [0.25, 0.3) is 0 Å². The van der Waals surface area contributed by atoms with Crippen molar-refractivity contribution in [3.05, 3.63) is 48.6 Å². The molecule has 0 aromatic rings. The van der Waals surface area contributed by atoms with Crippen LogP contribution in [-0.4, -0.2) is 22.1 Å². The molecule has 0 aliphatic heterocycles. The average molecular weight is 308 g/mol. The quantitative estimate of drug-likeness (QED) is 0.388. The monoisotopic (exact) mass is 308 g/mol. The Morgan fingerprint density at radius 2 is 1.43 bits per heavy atom. The van der Waals surface area contributed by atoms with Gasteiger partial charge in [-0.05, 0) is 44.8 Å². The Balaban J connectivity index is 3.48. The molecule has 0 aliphatic rings. The molecule has 0 rings (SSSR count). The highest BCUT2D eigenvalue weighted by atomic mass is 32.2. The van der Waals surface area contributed by atoms with Crippen LogP contribution in [0.3, 0.4) is 0 Å². The van der Waals surface area contributed by atoms with E-state index < -0.39 is 5.97 Å². The third-order valence-corrected chi connectivity index (χ3v) is 3.89. The van der Waals surface area contributed by atoms with Gasteiger partial charge < -0.3 is 5.11 Å². The van der Waals surface area contributed by atoms with Gasteiger partial charge in [-0.1, -0.05) is 55.5 Å². The van der Waals surface area contributed by atoms with Crippen LogP contribution in [0.5, 0.6) is 0 Å². The molecule has 2 nitrogen and oxygen atoms in total. The van der Waals surface area contributed by atoms with E-state index in [9.17, 15) is 4.79 Å². The van der Waals surface area contributed by atoms with Gasteiger partial charge >= 0.3 is 5.97 Å². The summed E-state index contributed by atoms with van der Waals surface area (Å²) in [5, 5.41) is 8.42. The molecule has 118 valence electrons. The summed E-state index contributed by atoms with van der Waals surface area (Å²) in [4.78, 5) is 10.6. The molecule has 0 amide bonds. The van der Waals surface area contributed by atoms with Gasteiger partial charge in [-0.25, -0.2) is 0 Å². The molecular weight excluding hydrogens is 280 g/mol. The molecule has 1 N–H and O–H groups in total. The van der Waals surface area contributed by atoms with Crippen LogP contribution >= 0.6 is 11.8 Å². The van der Waals surface area contributed by atoms with E-state index in [0.717, 1.165) is 37.9 Å². The maximum atomic E-state index is 10.6. The van der Waals surface area contributed by atoms with Gasteiger partial charge in [-0.3, -0.25) is 4.79 Å². The summed E-state index contributed by atoms with van der Waals surface area (Å²) in [6.07, 6.45) is 22.3. The van der Waals surface area contributed by atoms with Crippen LogP contribution in [0.15, 0.2) is 48.6 Å². The van der Waals surface area contributed by atoms with E-state index in [1.54, 1.807) is 6.92 Å². The zero-order chi connectivity index (χ0) is 15.8. The second-order valence-corrected chi connectivity index (χ2v) is 6.09. The molecule has 1 atom stereocenters. The zero-order valence-corrected chi connectivity index (χ0v) is 14.0. The first-order chi connectivity index (χ1) is 10.2. The fraction of sp³-hybridized carbons (Fsp3) is 0.500. The number of carboxylic acids is 1. The topological polar surface area (TPSA) is 37.3 Å². The molecule has 1 unspecified atom stereocenters. The fourth-order valence-corrected chi connectivity index (χ4v) is 2.25.